The quantitative estimate of drug-likeness (QED) is 0.150. The minimum atomic E-state index is -0.196. The largest absolute Gasteiger partial charge is 0.451 e. The van der Waals surface area contributed by atoms with Crippen molar-refractivity contribution < 1.29 is 9.21 Å². The van der Waals surface area contributed by atoms with Crippen molar-refractivity contribution in [3.05, 3.63) is 71.1 Å². The van der Waals surface area contributed by atoms with Crippen molar-refractivity contribution in [1.29, 1.82) is 0 Å². The van der Waals surface area contributed by atoms with Crippen LogP contribution in [0.1, 0.15) is 66.8 Å². The lowest BCUT2D eigenvalue weighted by atomic mass is 10.1. The number of amides is 1. The lowest BCUT2D eigenvalue weighted by Gasteiger charge is -2.20. The van der Waals surface area contributed by atoms with Crippen molar-refractivity contribution in [2.45, 2.75) is 59.8 Å². The minimum Gasteiger partial charge on any atom is -0.451 e. The van der Waals surface area contributed by atoms with E-state index in [0.717, 1.165) is 16.5 Å². The van der Waals surface area contributed by atoms with Crippen molar-refractivity contribution in [2.24, 2.45) is 0 Å². The second-order valence-electron chi connectivity index (χ2n) is 9.52. The Balaban J connectivity index is 0.000000221. The predicted octanol–water partition coefficient (Wildman–Crippen LogP) is 7.69. The SMILES string of the molecule is CCCN(CCC)CCCCc1cn(I)c2ccc(C)cc12.CNC(=O)c1cc2cc(C)ccc2o1. The van der Waals surface area contributed by atoms with Crippen LogP contribution < -0.4 is 5.32 Å². The van der Waals surface area contributed by atoms with Gasteiger partial charge in [0.1, 0.15) is 5.58 Å². The Morgan fingerprint density at radius 2 is 1.67 bits per heavy atom. The number of nitrogens with zero attached hydrogens (tertiary/aromatic N) is 2. The highest BCUT2D eigenvalue weighted by Gasteiger charge is 2.10. The molecule has 0 atom stereocenters. The van der Waals surface area contributed by atoms with Crippen molar-refractivity contribution in [2.75, 3.05) is 26.7 Å². The number of fused-ring (bicyclic) bond motifs is 2. The summed E-state index contributed by atoms with van der Waals surface area (Å²) in [5.41, 5.74) is 6.11. The molecule has 0 aliphatic carbocycles. The molecule has 2 aromatic carbocycles. The first-order chi connectivity index (χ1) is 17.4. The van der Waals surface area contributed by atoms with E-state index >= 15 is 0 Å². The van der Waals surface area contributed by atoms with Gasteiger partial charge in [-0.1, -0.05) is 37.1 Å². The fraction of sp³-hybridized carbons (Fsp3) is 0.433. The number of hydrogen-bond acceptors (Lipinski definition) is 3. The zero-order valence-electron chi connectivity index (χ0n) is 22.4. The van der Waals surface area contributed by atoms with Gasteiger partial charge in [-0.15, -0.1) is 0 Å². The van der Waals surface area contributed by atoms with E-state index in [2.05, 4.69) is 81.0 Å². The van der Waals surface area contributed by atoms with Gasteiger partial charge in [0.05, 0.1) is 28.4 Å². The van der Waals surface area contributed by atoms with E-state index in [0.29, 0.717) is 5.76 Å². The Morgan fingerprint density at radius 1 is 0.972 bits per heavy atom. The molecule has 2 heterocycles. The number of nitrogens with one attached hydrogen (secondary N) is 1. The highest BCUT2D eigenvalue weighted by molar-refractivity contribution is 14.1. The molecule has 0 unspecified atom stereocenters. The normalized spacial score (nSPS) is 11.2. The van der Waals surface area contributed by atoms with Crippen molar-refractivity contribution in [3.8, 4) is 0 Å². The van der Waals surface area contributed by atoms with E-state index in [9.17, 15) is 4.79 Å². The van der Waals surface area contributed by atoms with Crippen LogP contribution in [0, 0.1) is 13.8 Å². The lowest BCUT2D eigenvalue weighted by Crippen LogP contribution is -2.26. The fourth-order valence-corrected chi connectivity index (χ4v) is 5.34. The molecule has 0 saturated carbocycles. The molecule has 4 aromatic rings. The molecule has 0 aliphatic heterocycles. The molecule has 0 bridgehead atoms. The maximum Gasteiger partial charge on any atom is 0.286 e. The number of halogens is 1. The summed E-state index contributed by atoms with van der Waals surface area (Å²) in [4.78, 5) is 13.9. The average molecular weight is 602 g/mol. The first kappa shape index (κ1) is 28.3. The summed E-state index contributed by atoms with van der Waals surface area (Å²) in [6.07, 6.45) is 8.62. The number of unbranched alkanes of at least 4 members (excludes halogenated alkanes) is 1. The van der Waals surface area contributed by atoms with Crippen LogP contribution in [0.3, 0.4) is 0 Å². The first-order valence-corrected chi connectivity index (χ1v) is 14.0. The van der Waals surface area contributed by atoms with Crippen LogP contribution >= 0.6 is 22.9 Å². The van der Waals surface area contributed by atoms with Gasteiger partial charge < -0.3 is 14.6 Å². The summed E-state index contributed by atoms with van der Waals surface area (Å²) in [7, 11) is 1.58. The molecule has 1 amide bonds. The number of benzene rings is 2. The van der Waals surface area contributed by atoms with E-state index in [-0.39, 0.29) is 5.91 Å². The Morgan fingerprint density at radius 3 is 2.36 bits per heavy atom. The van der Waals surface area contributed by atoms with Gasteiger partial charge in [-0.25, -0.2) is 0 Å². The van der Waals surface area contributed by atoms with Crippen molar-refractivity contribution >= 4 is 50.6 Å². The van der Waals surface area contributed by atoms with Crippen LogP contribution in [0.15, 0.2) is 53.1 Å². The van der Waals surface area contributed by atoms with Gasteiger partial charge in [0, 0.05) is 24.0 Å². The predicted molar refractivity (Wildman–Crippen MR) is 160 cm³/mol. The standard InChI is InChI=1S/C19H29IN2.C11H11NO2/c1-4-11-21(12-5-2)13-7-6-8-17-15-22(20)19-10-9-16(3)14-18(17)19;1-7-3-4-9-8(5-7)6-10(14-9)11(13)12-2/h9-10,14-15H,4-8,11-13H2,1-3H3;3-6H,1-2H3,(H,12,13). The third kappa shape index (κ3) is 7.59. The van der Waals surface area contributed by atoms with Crippen LogP contribution in [-0.2, 0) is 6.42 Å². The van der Waals surface area contributed by atoms with Crippen LogP contribution in [0.25, 0.3) is 21.9 Å². The van der Waals surface area contributed by atoms with Crippen molar-refractivity contribution in [3.63, 3.8) is 0 Å². The van der Waals surface area contributed by atoms with Crippen LogP contribution in [-0.4, -0.2) is 40.3 Å². The second kappa shape index (κ2) is 13.8. The molecule has 6 heteroatoms. The molecule has 4 rings (SSSR count). The van der Waals surface area contributed by atoms with E-state index in [1.165, 1.54) is 73.8 Å². The van der Waals surface area contributed by atoms with E-state index in [1.807, 2.05) is 25.1 Å². The smallest absolute Gasteiger partial charge is 0.286 e. The lowest BCUT2D eigenvalue weighted by molar-refractivity contribution is 0.0938. The van der Waals surface area contributed by atoms with Crippen LogP contribution in [0.2, 0.25) is 0 Å². The molecule has 0 aliphatic rings. The fourth-order valence-electron chi connectivity index (χ4n) is 4.59. The van der Waals surface area contributed by atoms with Gasteiger partial charge >= 0.3 is 0 Å². The zero-order chi connectivity index (χ0) is 26.1. The van der Waals surface area contributed by atoms with Gasteiger partial charge in [0.25, 0.3) is 5.91 Å². The average Bonchev–Trinajstić information content (AvgIpc) is 3.42. The molecule has 5 nitrogen and oxygen atoms in total. The molecule has 0 saturated heterocycles. The second-order valence-corrected chi connectivity index (χ2v) is 10.6. The van der Waals surface area contributed by atoms with Crippen LogP contribution in [0.4, 0.5) is 0 Å². The summed E-state index contributed by atoms with van der Waals surface area (Å²) in [6.45, 7) is 12.5. The zero-order valence-corrected chi connectivity index (χ0v) is 24.5. The molecule has 0 fully saturated rings. The molecule has 0 radical (unpaired) electrons. The molecule has 2 aromatic heterocycles. The number of carbonyl (C=O) groups excluding carboxylic acids is 1. The summed E-state index contributed by atoms with van der Waals surface area (Å²) in [6, 6.07) is 14.3. The Bertz CT molecular complexity index is 1270. The minimum absolute atomic E-state index is 0.196. The van der Waals surface area contributed by atoms with E-state index < -0.39 is 0 Å². The monoisotopic (exact) mass is 601 g/mol. The first-order valence-electron chi connectivity index (χ1n) is 13.1. The summed E-state index contributed by atoms with van der Waals surface area (Å²) >= 11 is 2.39. The molecule has 0 spiro atoms. The topological polar surface area (TPSA) is 50.4 Å². The Hall–Kier alpha value is -2.32. The molecule has 36 heavy (non-hydrogen) atoms. The Kier molecular flexibility index (Phi) is 10.9. The van der Waals surface area contributed by atoms with Gasteiger partial charge in [0.15, 0.2) is 5.76 Å². The van der Waals surface area contributed by atoms with Gasteiger partial charge in [-0.2, -0.15) is 0 Å². The number of aromatic nitrogens is 1. The highest BCUT2D eigenvalue weighted by atomic mass is 127. The van der Waals surface area contributed by atoms with E-state index in [1.54, 1.807) is 13.1 Å². The maximum absolute atomic E-state index is 11.3. The Labute approximate surface area is 229 Å². The molecule has 1 N–H and O–H groups in total. The van der Waals surface area contributed by atoms with Gasteiger partial charge in [0.2, 0.25) is 0 Å². The summed E-state index contributed by atoms with van der Waals surface area (Å²) < 4.78 is 7.60. The van der Waals surface area contributed by atoms with Crippen LogP contribution in [0.5, 0.6) is 0 Å². The van der Waals surface area contributed by atoms with Gasteiger partial charge in [-0.3, -0.25) is 7.58 Å². The number of furan rings is 1. The number of hydrogen-bond donors (Lipinski definition) is 1. The maximum atomic E-state index is 11.3. The summed E-state index contributed by atoms with van der Waals surface area (Å²) in [5, 5.41) is 4.92. The van der Waals surface area contributed by atoms with Gasteiger partial charge in [-0.05, 0) is 101 Å². The highest BCUT2D eigenvalue weighted by Crippen LogP contribution is 2.26. The van der Waals surface area contributed by atoms with E-state index in [4.69, 9.17) is 4.42 Å². The molecule has 194 valence electrons. The third-order valence-corrected chi connectivity index (χ3v) is 7.17. The third-order valence-electron chi connectivity index (χ3n) is 6.37. The summed E-state index contributed by atoms with van der Waals surface area (Å²) in [5.74, 6) is 0.159. The van der Waals surface area contributed by atoms with Crippen molar-refractivity contribution in [1.82, 2.24) is 13.0 Å². The number of rotatable bonds is 10. The number of carbonyl (C=O) groups is 1. The molecular formula is C30H40IN3O2. The number of aryl methyl sites for hydroxylation is 3. The molecular weight excluding hydrogens is 561 g/mol.